The van der Waals surface area contributed by atoms with Gasteiger partial charge in [-0.15, -0.1) is 0 Å². The van der Waals surface area contributed by atoms with Crippen molar-refractivity contribution >= 4 is 0 Å². The smallest absolute Gasteiger partial charge is 0.371 e. The molecule has 0 aromatic carbocycles. The van der Waals surface area contributed by atoms with Crippen molar-refractivity contribution in [2.24, 2.45) is 0 Å². The van der Waals surface area contributed by atoms with Crippen molar-refractivity contribution < 1.29 is 17.9 Å². The van der Waals surface area contributed by atoms with Gasteiger partial charge in [0.2, 0.25) is 0 Å². The van der Waals surface area contributed by atoms with E-state index in [9.17, 15) is 13.2 Å². The van der Waals surface area contributed by atoms with Crippen LogP contribution in [0, 0.1) is 0 Å². The fourth-order valence-electron chi connectivity index (χ4n) is 2.42. The molecule has 0 aromatic heterocycles. The topological polar surface area (TPSA) is 24.5 Å². The number of rotatable bonds is 6. The van der Waals surface area contributed by atoms with E-state index in [-0.39, 0.29) is 6.61 Å². The van der Waals surface area contributed by atoms with Gasteiger partial charge in [0.1, 0.15) is 6.61 Å². The lowest BCUT2D eigenvalue weighted by molar-refractivity contribution is -0.175. The second-order valence-electron chi connectivity index (χ2n) is 4.84. The summed E-state index contributed by atoms with van der Waals surface area (Å²) < 4.78 is 40.5. The first kappa shape index (κ1) is 15.7. The Balaban J connectivity index is 2.29. The molecule has 1 N–H and O–H groups in total. The monoisotopic (exact) mass is 268 g/mol. The van der Waals surface area contributed by atoms with Gasteiger partial charge in [0.15, 0.2) is 0 Å². The third-order valence-electron chi connectivity index (χ3n) is 3.49. The first-order chi connectivity index (χ1) is 8.44. The van der Waals surface area contributed by atoms with Gasteiger partial charge in [-0.2, -0.15) is 13.2 Å². The summed E-state index contributed by atoms with van der Waals surface area (Å²) in [6, 6.07) is 0.756. The highest BCUT2D eigenvalue weighted by molar-refractivity contribution is 4.84. The number of hydrogen-bond acceptors (Lipinski definition) is 3. The molecule has 6 heteroatoms. The third kappa shape index (κ3) is 5.54. The molecular formula is C12H23F3N2O. The van der Waals surface area contributed by atoms with E-state index >= 15 is 0 Å². The summed E-state index contributed by atoms with van der Waals surface area (Å²) >= 11 is 0. The second-order valence-corrected chi connectivity index (χ2v) is 4.84. The van der Waals surface area contributed by atoms with Gasteiger partial charge in [0.25, 0.3) is 0 Å². The first-order valence-electron chi connectivity index (χ1n) is 6.50. The number of nitrogens with zero attached hydrogens (tertiary/aromatic N) is 1. The van der Waals surface area contributed by atoms with Gasteiger partial charge in [0.05, 0.1) is 6.61 Å². The van der Waals surface area contributed by atoms with Crippen molar-refractivity contribution in [3.8, 4) is 0 Å². The molecule has 108 valence electrons. The average molecular weight is 268 g/mol. The molecule has 1 aliphatic heterocycles. The maximum atomic E-state index is 11.9. The van der Waals surface area contributed by atoms with E-state index in [0.29, 0.717) is 18.6 Å². The lowest BCUT2D eigenvalue weighted by Gasteiger charge is -2.39. The standard InChI is InChI=1S/C12H23F3N2O/c1-10(16-2)11-5-3-4-6-17(11)7-8-18-9-12(13,14)15/h10-11,16H,3-9H2,1-2H3. The maximum absolute atomic E-state index is 11.9. The molecule has 0 amide bonds. The fraction of sp³-hybridized carbons (Fsp3) is 1.00. The van der Waals surface area contributed by atoms with Gasteiger partial charge >= 0.3 is 6.18 Å². The van der Waals surface area contributed by atoms with Crippen LogP contribution >= 0.6 is 0 Å². The van der Waals surface area contributed by atoms with Crippen LogP contribution in [-0.4, -0.2) is 56.5 Å². The van der Waals surface area contributed by atoms with E-state index in [4.69, 9.17) is 0 Å². The van der Waals surface area contributed by atoms with E-state index in [1.54, 1.807) is 0 Å². The van der Waals surface area contributed by atoms with Gasteiger partial charge in [0, 0.05) is 18.6 Å². The predicted molar refractivity (Wildman–Crippen MR) is 64.6 cm³/mol. The Kier molecular flexibility index (Phi) is 6.38. The Morgan fingerprint density at radius 3 is 2.72 bits per heavy atom. The normalized spacial score (nSPS) is 24.2. The van der Waals surface area contributed by atoms with Gasteiger partial charge in [-0.1, -0.05) is 6.42 Å². The summed E-state index contributed by atoms with van der Waals surface area (Å²) in [4.78, 5) is 2.24. The molecule has 2 atom stereocenters. The Labute approximate surface area is 107 Å². The minimum atomic E-state index is -4.22. The largest absolute Gasteiger partial charge is 0.411 e. The zero-order chi connectivity index (χ0) is 13.6. The number of halogens is 3. The maximum Gasteiger partial charge on any atom is 0.411 e. The predicted octanol–water partition coefficient (Wildman–Crippen LogP) is 2.03. The lowest BCUT2D eigenvalue weighted by Crippen LogP contribution is -2.51. The molecule has 0 saturated carbocycles. The quantitative estimate of drug-likeness (QED) is 0.746. The van der Waals surface area contributed by atoms with Crippen molar-refractivity contribution in [3.63, 3.8) is 0 Å². The molecule has 0 spiro atoms. The minimum Gasteiger partial charge on any atom is -0.371 e. The molecule has 1 rings (SSSR count). The molecule has 18 heavy (non-hydrogen) atoms. The van der Waals surface area contributed by atoms with E-state index in [1.807, 2.05) is 7.05 Å². The number of likely N-dealkylation sites (tertiary alicyclic amines) is 1. The van der Waals surface area contributed by atoms with E-state index < -0.39 is 12.8 Å². The van der Waals surface area contributed by atoms with Crippen LogP contribution < -0.4 is 5.32 Å². The van der Waals surface area contributed by atoms with E-state index in [1.165, 1.54) is 6.42 Å². The summed E-state index contributed by atoms with van der Waals surface area (Å²) in [5.74, 6) is 0. The van der Waals surface area contributed by atoms with Crippen molar-refractivity contribution in [1.82, 2.24) is 10.2 Å². The zero-order valence-electron chi connectivity index (χ0n) is 11.1. The molecule has 0 aliphatic carbocycles. The highest BCUT2D eigenvalue weighted by Crippen LogP contribution is 2.19. The van der Waals surface area contributed by atoms with Gasteiger partial charge in [-0.05, 0) is 33.4 Å². The van der Waals surface area contributed by atoms with Crippen molar-refractivity contribution in [3.05, 3.63) is 0 Å². The number of ether oxygens (including phenoxy) is 1. The van der Waals surface area contributed by atoms with Crippen LogP contribution in [0.25, 0.3) is 0 Å². The van der Waals surface area contributed by atoms with E-state index in [2.05, 4.69) is 21.9 Å². The Morgan fingerprint density at radius 2 is 2.11 bits per heavy atom. The van der Waals surface area contributed by atoms with Crippen LogP contribution in [0.1, 0.15) is 26.2 Å². The summed E-state index contributed by atoms with van der Waals surface area (Å²) in [5, 5.41) is 3.22. The van der Waals surface area contributed by atoms with Gasteiger partial charge < -0.3 is 10.1 Å². The molecule has 1 aliphatic rings. The Morgan fingerprint density at radius 1 is 1.39 bits per heavy atom. The Bertz CT molecular complexity index is 236. The zero-order valence-corrected chi connectivity index (χ0v) is 11.1. The van der Waals surface area contributed by atoms with Gasteiger partial charge in [-0.25, -0.2) is 0 Å². The highest BCUT2D eigenvalue weighted by atomic mass is 19.4. The molecule has 0 radical (unpaired) electrons. The molecule has 1 fully saturated rings. The number of nitrogens with one attached hydrogen (secondary N) is 1. The summed E-state index contributed by atoms with van der Waals surface area (Å²) in [7, 11) is 1.91. The number of hydrogen-bond donors (Lipinski definition) is 1. The average Bonchev–Trinajstić information content (AvgIpc) is 2.33. The fourth-order valence-corrected chi connectivity index (χ4v) is 2.42. The van der Waals surface area contributed by atoms with Crippen molar-refractivity contribution in [2.75, 3.05) is 33.4 Å². The lowest BCUT2D eigenvalue weighted by atomic mass is 9.96. The van der Waals surface area contributed by atoms with Crippen LogP contribution in [0.2, 0.25) is 0 Å². The van der Waals surface area contributed by atoms with Crippen molar-refractivity contribution in [1.29, 1.82) is 0 Å². The summed E-state index contributed by atoms with van der Waals surface area (Å²) in [6.07, 6.45) is -0.816. The van der Waals surface area contributed by atoms with Gasteiger partial charge in [-0.3, -0.25) is 4.90 Å². The molecule has 3 nitrogen and oxygen atoms in total. The molecule has 1 saturated heterocycles. The van der Waals surface area contributed by atoms with E-state index in [0.717, 1.165) is 19.4 Å². The SMILES string of the molecule is CNC(C)C1CCCCN1CCOCC(F)(F)F. The molecule has 2 unspecified atom stereocenters. The number of piperidine rings is 1. The van der Waals surface area contributed by atoms with Crippen LogP contribution in [-0.2, 0) is 4.74 Å². The van der Waals surface area contributed by atoms with Crippen LogP contribution in [0.5, 0.6) is 0 Å². The van der Waals surface area contributed by atoms with Crippen LogP contribution in [0.3, 0.4) is 0 Å². The minimum absolute atomic E-state index is 0.145. The van der Waals surface area contributed by atoms with Crippen molar-refractivity contribution in [2.45, 2.75) is 44.4 Å². The molecule has 1 heterocycles. The van der Waals surface area contributed by atoms with Crippen LogP contribution in [0.4, 0.5) is 13.2 Å². The van der Waals surface area contributed by atoms with Crippen LogP contribution in [0.15, 0.2) is 0 Å². The first-order valence-corrected chi connectivity index (χ1v) is 6.50. The molecule has 0 bridgehead atoms. The molecular weight excluding hydrogens is 245 g/mol. The third-order valence-corrected chi connectivity index (χ3v) is 3.49. The number of likely N-dealkylation sites (N-methyl/N-ethyl adjacent to an activating group) is 1. The highest BCUT2D eigenvalue weighted by Gasteiger charge is 2.29. The number of alkyl halides is 3. The summed E-state index contributed by atoms with van der Waals surface area (Å²) in [6.45, 7) is 2.64. The second kappa shape index (κ2) is 7.31. The summed E-state index contributed by atoms with van der Waals surface area (Å²) in [5.41, 5.74) is 0. The Hall–Kier alpha value is -0.330. The molecule has 0 aromatic rings.